The van der Waals surface area contributed by atoms with Gasteiger partial charge in [0.2, 0.25) is 11.8 Å². The van der Waals surface area contributed by atoms with Crippen LogP contribution in [-0.4, -0.2) is 39.4 Å². The number of nitrogens with one attached hydrogen (secondary N) is 1. The first-order valence-electron chi connectivity index (χ1n) is 9.93. The Labute approximate surface area is 174 Å². The van der Waals surface area contributed by atoms with Gasteiger partial charge in [0.05, 0.1) is 11.6 Å². The smallest absolute Gasteiger partial charge is 0.229 e. The molecule has 1 aliphatic heterocycles. The van der Waals surface area contributed by atoms with Crippen molar-refractivity contribution in [1.82, 2.24) is 14.5 Å². The van der Waals surface area contributed by atoms with E-state index in [0.717, 1.165) is 12.0 Å². The predicted octanol–water partition coefficient (Wildman–Crippen LogP) is 3.35. The molecule has 1 atom stereocenters. The molecule has 7 heteroatoms. The highest BCUT2D eigenvalue weighted by Crippen LogP contribution is 2.23. The Balaban J connectivity index is 1.36. The minimum absolute atomic E-state index is 0.0248. The zero-order valence-electron chi connectivity index (χ0n) is 16.7. The maximum Gasteiger partial charge on any atom is 0.229 e. The first-order valence-corrected chi connectivity index (χ1v) is 9.93. The molecule has 2 aromatic carbocycles. The van der Waals surface area contributed by atoms with Crippen LogP contribution in [0.2, 0.25) is 0 Å². The Morgan fingerprint density at radius 3 is 2.73 bits per heavy atom. The molecule has 0 saturated carbocycles. The van der Waals surface area contributed by atoms with Crippen molar-refractivity contribution in [2.45, 2.75) is 19.8 Å². The normalized spacial score (nSPS) is 16.1. The number of hydrogen-bond donors (Lipinski definition) is 1. The summed E-state index contributed by atoms with van der Waals surface area (Å²) < 4.78 is 16.2. The summed E-state index contributed by atoms with van der Waals surface area (Å²) in [6.45, 7) is 2.75. The van der Waals surface area contributed by atoms with E-state index in [0.29, 0.717) is 30.3 Å². The van der Waals surface area contributed by atoms with Crippen molar-refractivity contribution in [3.8, 4) is 5.69 Å². The number of anilines is 1. The van der Waals surface area contributed by atoms with E-state index in [1.165, 1.54) is 6.07 Å². The molecule has 0 aliphatic carbocycles. The van der Waals surface area contributed by atoms with Crippen LogP contribution in [0, 0.1) is 18.7 Å². The summed E-state index contributed by atoms with van der Waals surface area (Å²) in [5, 5.41) is 2.74. The molecule has 0 bridgehead atoms. The number of rotatable bonds is 6. The van der Waals surface area contributed by atoms with Crippen molar-refractivity contribution < 1.29 is 14.0 Å². The fourth-order valence-electron chi connectivity index (χ4n) is 3.73. The third-order valence-electron chi connectivity index (χ3n) is 5.40. The summed E-state index contributed by atoms with van der Waals surface area (Å²) in [6, 6.07) is 14.5. The zero-order valence-corrected chi connectivity index (χ0v) is 16.7. The molecule has 2 heterocycles. The molecule has 1 N–H and O–H groups in total. The molecular formula is C23H23FN4O2. The van der Waals surface area contributed by atoms with E-state index in [4.69, 9.17) is 0 Å². The molecule has 4 rings (SSSR count). The molecule has 6 nitrogen and oxygen atoms in total. The Hall–Kier alpha value is -3.48. The lowest BCUT2D eigenvalue weighted by molar-refractivity contribution is -0.128. The van der Waals surface area contributed by atoms with Gasteiger partial charge in [0.1, 0.15) is 11.6 Å². The van der Waals surface area contributed by atoms with Gasteiger partial charge in [0.15, 0.2) is 0 Å². The van der Waals surface area contributed by atoms with E-state index in [9.17, 15) is 14.0 Å². The van der Waals surface area contributed by atoms with Crippen molar-refractivity contribution in [1.29, 1.82) is 0 Å². The molecule has 1 fully saturated rings. The van der Waals surface area contributed by atoms with Crippen molar-refractivity contribution >= 4 is 17.5 Å². The van der Waals surface area contributed by atoms with Gasteiger partial charge in [-0.25, -0.2) is 9.37 Å². The molecule has 154 valence electrons. The van der Waals surface area contributed by atoms with Gasteiger partial charge in [-0.15, -0.1) is 0 Å². The number of imidazole rings is 1. The van der Waals surface area contributed by atoms with E-state index < -0.39 is 11.7 Å². The Kier molecular flexibility index (Phi) is 5.61. The van der Waals surface area contributed by atoms with E-state index in [-0.39, 0.29) is 18.2 Å². The van der Waals surface area contributed by atoms with Gasteiger partial charge in [-0.3, -0.25) is 9.59 Å². The minimum atomic E-state index is -0.458. The van der Waals surface area contributed by atoms with Crippen LogP contribution in [0.3, 0.4) is 0 Å². The lowest BCUT2D eigenvalue weighted by Gasteiger charge is -2.17. The molecular weight excluding hydrogens is 383 g/mol. The number of aromatic nitrogens is 2. The molecule has 2 amide bonds. The molecule has 0 radical (unpaired) electrons. The standard InChI is InChI=1S/C23H23FN4O2/c1-16-25-10-12-28(16)21-8-7-19(14-20(21)24)26-23(30)18-13-22(29)27(15-18)11-9-17-5-3-2-4-6-17/h2-8,10,12,14,18H,9,11,13,15H2,1H3,(H,26,30). The SMILES string of the molecule is Cc1nccn1-c1ccc(NC(=O)C2CC(=O)N(CCc3ccccc3)C2)cc1F. The maximum absolute atomic E-state index is 14.5. The average molecular weight is 406 g/mol. The third-order valence-corrected chi connectivity index (χ3v) is 5.40. The predicted molar refractivity (Wildman–Crippen MR) is 112 cm³/mol. The summed E-state index contributed by atoms with van der Waals surface area (Å²) in [5.74, 6) is -0.516. The van der Waals surface area contributed by atoms with Crippen molar-refractivity contribution in [3.63, 3.8) is 0 Å². The average Bonchev–Trinajstić information content (AvgIpc) is 3.33. The summed E-state index contributed by atoms with van der Waals surface area (Å²) in [6.07, 6.45) is 4.21. The third kappa shape index (κ3) is 4.25. The molecule has 3 aromatic rings. The zero-order chi connectivity index (χ0) is 21.1. The fourth-order valence-corrected chi connectivity index (χ4v) is 3.73. The van der Waals surface area contributed by atoms with E-state index in [2.05, 4.69) is 10.3 Å². The minimum Gasteiger partial charge on any atom is -0.342 e. The van der Waals surface area contributed by atoms with Gasteiger partial charge in [-0.1, -0.05) is 30.3 Å². The molecule has 1 unspecified atom stereocenters. The molecule has 1 aromatic heterocycles. The number of halogens is 1. The number of hydrogen-bond acceptors (Lipinski definition) is 3. The highest BCUT2D eigenvalue weighted by Gasteiger charge is 2.34. The highest BCUT2D eigenvalue weighted by molar-refractivity contribution is 5.97. The van der Waals surface area contributed by atoms with Crippen LogP contribution in [0.4, 0.5) is 10.1 Å². The highest BCUT2D eigenvalue weighted by atomic mass is 19.1. The van der Waals surface area contributed by atoms with Crippen molar-refractivity contribution in [2.24, 2.45) is 5.92 Å². The number of nitrogens with zero attached hydrogens (tertiary/aromatic N) is 3. The molecule has 0 spiro atoms. The van der Waals surface area contributed by atoms with Gasteiger partial charge < -0.3 is 14.8 Å². The van der Waals surface area contributed by atoms with Gasteiger partial charge in [-0.2, -0.15) is 0 Å². The number of amides is 2. The maximum atomic E-state index is 14.5. The van der Waals surface area contributed by atoms with Crippen LogP contribution >= 0.6 is 0 Å². The molecule has 1 saturated heterocycles. The van der Waals surface area contributed by atoms with E-state index in [1.54, 1.807) is 40.9 Å². The van der Waals surface area contributed by atoms with Crippen molar-refractivity contribution in [2.75, 3.05) is 18.4 Å². The quantitative estimate of drug-likeness (QED) is 0.683. The van der Waals surface area contributed by atoms with Gasteiger partial charge in [0.25, 0.3) is 0 Å². The second-order valence-electron chi connectivity index (χ2n) is 7.48. The number of carbonyl (C=O) groups is 2. The van der Waals surface area contributed by atoms with Gasteiger partial charge in [0, 0.05) is 37.6 Å². The molecule has 30 heavy (non-hydrogen) atoms. The number of aryl methyl sites for hydroxylation is 1. The lowest BCUT2D eigenvalue weighted by atomic mass is 10.1. The second-order valence-corrected chi connectivity index (χ2v) is 7.48. The van der Waals surface area contributed by atoms with Crippen molar-refractivity contribution in [3.05, 3.63) is 78.1 Å². The first-order chi connectivity index (χ1) is 14.5. The van der Waals surface area contributed by atoms with Gasteiger partial charge in [-0.05, 0) is 37.1 Å². The Bertz CT molecular complexity index is 1060. The topological polar surface area (TPSA) is 67.2 Å². The van der Waals surface area contributed by atoms with Crippen LogP contribution in [0.15, 0.2) is 60.9 Å². The Morgan fingerprint density at radius 1 is 1.23 bits per heavy atom. The Morgan fingerprint density at radius 2 is 2.03 bits per heavy atom. The van der Waals surface area contributed by atoms with Crippen LogP contribution in [0.1, 0.15) is 17.8 Å². The number of likely N-dealkylation sites (tertiary alicyclic amines) is 1. The van der Waals surface area contributed by atoms with Crippen LogP contribution in [0.25, 0.3) is 5.69 Å². The number of benzene rings is 2. The lowest BCUT2D eigenvalue weighted by Crippen LogP contribution is -2.30. The van der Waals surface area contributed by atoms with Crippen LogP contribution in [0.5, 0.6) is 0 Å². The van der Waals surface area contributed by atoms with Gasteiger partial charge >= 0.3 is 0 Å². The second kappa shape index (κ2) is 8.49. The fraction of sp³-hybridized carbons (Fsp3) is 0.261. The monoisotopic (exact) mass is 406 g/mol. The summed E-state index contributed by atoms with van der Waals surface area (Å²) >= 11 is 0. The van der Waals surface area contributed by atoms with Crippen LogP contribution < -0.4 is 5.32 Å². The summed E-state index contributed by atoms with van der Waals surface area (Å²) in [7, 11) is 0. The first kappa shape index (κ1) is 19.8. The summed E-state index contributed by atoms with van der Waals surface area (Å²) in [5.41, 5.74) is 1.89. The van der Waals surface area contributed by atoms with Crippen LogP contribution in [-0.2, 0) is 16.0 Å². The molecule has 1 aliphatic rings. The van der Waals surface area contributed by atoms with E-state index >= 15 is 0 Å². The summed E-state index contributed by atoms with van der Waals surface area (Å²) in [4.78, 5) is 30.8. The number of carbonyl (C=O) groups excluding carboxylic acids is 2. The van der Waals surface area contributed by atoms with E-state index in [1.807, 2.05) is 30.3 Å². The largest absolute Gasteiger partial charge is 0.342 e.